The molecule has 3 aromatic rings. The average molecular weight is 405 g/mol. The molecule has 3 rings (SSSR count). The summed E-state index contributed by atoms with van der Waals surface area (Å²) in [5, 5.41) is 10.8. The molecule has 0 aliphatic heterocycles. The van der Waals surface area contributed by atoms with Gasteiger partial charge in [-0.2, -0.15) is 0 Å². The number of hydrogen-bond donors (Lipinski definition) is 2. The van der Waals surface area contributed by atoms with Crippen LogP contribution in [-0.2, 0) is 17.9 Å². The number of thioether (sulfide) groups is 1. The van der Waals surface area contributed by atoms with Gasteiger partial charge in [-0.25, -0.2) is 13.5 Å². The maximum atomic E-state index is 13.5. The molecule has 10 heteroatoms. The van der Waals surface area contributed by atoms with Crippen molar-refractivity contribution in [1.82, 2.24) is 20.2 Å². The average Bonchev–Trinajstić information content (AvgIpc) is 3.05. The van der Waals surface area contributed by atoms with Crippen LogP contribution in [0, 0.1) is 11.6 Å². The van der Waals surface area contributed by atoms with Crippen LogP contribution < -0.4 is 15.9 Å². The molecule has 0 spiro atoms. The third-order valence-corrected chi connectivity index (χ3v) is 4.63. The molecule has 0 unspecified atom stereocenters. The zero-order chi connectivity index (χ0) is 19.9. The number of carbonyl (C=O) groups excluding carboxylic acids is 1. The van der Waals surface area contributed by atoms with Crippen molar-refractivity contribution in [2.45, 2.75) is 18.3 Å². The molecule has 28 heavy (non-hydrogen) atoms. The van der Waals surface area contributed by atoms with Gasteiger partial charge in [-0.1, -0.05) is 30.0 Å². The molecule has 146 valence electrons. The third-order valence-electron chi connectivity index (χ3n) is 3.68. The lowest BCUT2D eigenvalue weighted by Gasteiger charge is -2.07. The molecule has 0 aliphatic rings. The summed E-state index contributed by atoms with van der Waals surface area (Å²) in [6.07, 6.45) is 0. The first kappa shape index (κ1) is 19.6. The Kier molecular flexibility index (Phi) is 6.43. The number of ether oxygens (including phenoxy) is 1. The van der Waals surface area contributed by atoms with E-state index in [-0.39, 0.29) is 36.4 Å². The van der Waals surface area contributed by atoms with Gasteiger partial charge >= 0.3 is 0 Å². The van der Waals surface area contributed by atoms with Crippen LogP contribution in [0.15, 0.2) is 53.7 Å². The Morgan fingerprint density at radius 2 is 1.89 bits per heavy atom. The fourth-order valence-corrected chi connectivity index (χ4v) is 2.90. The minimum Gasteiger partial charge on any atom is -0.486 e. The minimum atomic E-state index is -0.372. The second-order valence-corrected chi connectivity index (χ2v) is 6.61. The van der Waals surface area contributed by atoms with E-state index in [0.717, 1.165) is 11.8 Å². The Morgan fingerprint density at radius 3 is 2.64 bits per heavy atom. The Bertz CT molecular complexity index is 949. The van der Waals surface area contributed by atoms with Gasteiger partial charge in [0, 0.05) is 12.1 Å². The second kappa shape index (κ2) is 9.18. The van der Waals surface area contributed by atoms with Crippen molar-refractivity contribution in [3.63, 3.8) is 0 Å². The Morgan fingerprint density at radius 1 is 1.14 bits per heavy atom. The number of nitrogens with two attached hydrogens (primary N) is 1. The van der Waals surface area contributed by atoms with E-state index in [9.17, 15) is 13.6 Å². The van der Waals surface area contributed by atoms with Gasteiger partial charge < -0.3 is 15.9 Å². The number of halogens is 2. The van der Waals surface area contributed by atoms with E-state index >= 15 is 0 Å². The summed E-state index contributed by atoms with van der Waals surface area (Å²) < 4.78 is 33.1. The van der Waals surface area contributed by atoms with Crippen LogP contribution in [0.3, 0.4) is 0 Å². The lowest BCUT2D eigenvalue weighted by atomic mass is 10.2. The number of nitrogens with zero attached hydrogens (tertiary/aromatic N) is 3. The number of amides is 1. The van der Waals surface area contributed by atoms with Gasteiger partial charge in [-0.15, -0.1) is 10.2 Å². The molecule has 3 N–H and O–H groups in total. The summed E-state index contributed by atoms with van der Waals surface area (Å²) >= 11 is 1.09. The van der Waals surface area contributed by atoms with Crippen molar-refractivity contribution in [2.24, 2.45) is 0 Å². The van der Waals surface area contributed by atoms with Crippen LogP contribution in [0.5, 0.6) is 5.75 Å². The van der Waals surface area contributed by atoms with Crippen molar-refractivity contribution in [2.75, 3.05) is 11.6 Å². The highest BCUT2D eigenvalue weighted by atomic mass is 32.2. The molecule has 0 atom stereocenters. The standard InChI is InChI=1S/C18H17F2N5O2S/c19-13-5-7-14(8-6-13)27-10-16-23-24-18(25(16)21)28-11-17(26)22-9-12-3-1-2-4-15(12)20/h1-8H,9-11,21H2,(H,22,26). The maximum absolute atomic E-state index is 13.5. The lowest BCUT2D eigenvalue weighted by molar-refractivity contribution is -0.118. The zero-order valence-electron chi connectivity index (χ0n) is 14.6. The van der Waals surface area contributed by atoms with Crippen LogP contribution in [0.25, 0.3) is 0 Å². The topological polar surface area (TPSA) is 95.1 Å². The van der Waals surface area contributed by atoms with Crippen LogP contribution in [0.2, 0.25) is 0 Å². The van der Waals surface area contributed by atoms with E-state index in [0.29, 0.717) is 22.3 Å². The van der Waals surface area contributed by atoms with E-state index < -0.39 is 0 Å². The summed E-state index contributed by atoms with van der Waals surface area (Å²) in [7, 11) is 0. The molecular formula is C18H17F2N5O2S. The van der Waals surface area contributed by atoms with Crippen molar-refractivity contribution in [1.29, 1.82) is 0 Å². The molecule has 2 aromatic carbocycles. The summed E-state index contributed by atoms with van der Waals surface area (Å²) in [5.74, 6) is 5.74. The first-order valence-electron chi connectivity index (χ1n) is 8.23. The van der Waals surface area contributed by atoms with Gasteiger partial charge in [0.1, 0.15) is 24.0 Å². The van der Waals surface area contributed by atoms with Gasteiger partial charge in [0.2, 0.25) is 11.1 Å². The molecule has 0 saturated heterocycles. The van der Waals surface area contributed by atoms with Crippen molar-refractivity contribution < 1.29 is 18.3 Å². The summed E-state index contributed by atoms with van der Waals surface area (Å²) in [4.78, 5) is 11.9. The maximum Gasteiger partial charge on any atom is 0.230 e. The first-order valence-corrected chi connectivity index (χ1v) is 9.22. The minimum absolute atomic E-state index is 0.0369. The SMILES string of the molecule is Nn1c(COc2ccc(F)cc2)nnc1SCC(=O)NCc1ccccc1F. The fourth-order valence-electron chi connectivity index (χ4n) is 2.20. The van der Waals surface area contributed by atoms with E-state index in [1.54, 1.807) is 18.2 Å². The normalized spacial score (nSPS) is 10.6. The third kappa shape index (κ3) is 5.19. The highest BCUT2D eigenvalue weighted by molar-refractivity contribution is 7.99. The number of carbonyl (C=O) groups is 1. The van der Waals surface area contributed by atoms with Gasteiger partial charge in [-0.05, 0) is 30.3 Å². The quantitative estimate of drug-likeness (QED) is 0.441. The number of benzene rings is 2. The van der Waals surface area contributed by atoms with E-state index in [1.165, 1.54) is 35.0 Å². The predicted molar refractivity (Wildman–Crippen MR) is 99.9 cm³/mol. The predicted octanol–water partition coefficient (Wildman–Crippen LogP) is 2.26. The van der Waals surface area contributed by atoms with Crippen LogP contribution in [0.1, 0.15) is 11.4 Å². The molecule has 1 heterocycles. The summed E-state index contributed by atoms with van der Waals surface area (Å²) in [5.41, 5.74) is 0.406. The Hall–Kier alpha value is -3.14. The molecule has 0 radical (unpaired) electrons. The van der Waals surface area contributed by atoms with Crippen LogP contribution >= 0.6 is 11.8 Å². The number of rotatable bonds is 8. The molecular weight excluding hydrogens is 388 g/mol. The van der Waals surface area contributed by atoms with Crippen molar-refractivity contribution >= 4 is 17.7 Å². The van der Waals surface area contributed by atoms with Gasteiger partial charge in [-0.3, -0.25) is 4.79 Å². The Labute approximate surface area is 163 Å². The zero-order valence-corrected chi connectivity index (χ0v) is 15.5. The molecule has 1 aromatic heterocycles. The molecule has 7 nitrogen and oxygen atoms in total. The second-order valence-electron chi connectivity index (χ2n) is 5.67. The fraction of sp³-hybridized carbons (Fsp3) is 0.167. The van der Waals surface area contributed by atoms with Crippen molar-refractivity contribution in [3.05, 3.63) is 71.6 Å². The lowest BCUT2D eigenvalue weighted by Crippen LogP contribution is -2.25. The summed E-state index contributed by atoms with van der Waals surface area (Å²) in [6.45, 7) is 0.132. The molecule has 0 aliphatic carbocycles. The molecule has 0 saturated carbocycles. The number of aromatic nitrogens is 3. The van der Waals surface area contributed by atoms with E-state index in [2.05, 4.69) is 15.5 Å². The van der Waals surface area contributed by atoms with E-state index in [1.807, 2.05) is 0 Å². The monoisotopic (exact) mass is 405 g/mol. The largest absolute Gasteiger partial charge is 0.486 e. The number of hydrogen-bond acceptors (Lipinski definition) is 6. The molecule has 0 fully saturated rings. The summed E-state index contributed by atoms with van der Waals surface area (Å²) in [6, 6.07) is 11.8. The number of nitrogens with one attached hydrogen (secondary N) is 1. The van der Waals surface area contributed by atoms with Gasteiger partial charge in [0.15, 0.2) is 5.82 Å². The van der Waals surface area contributed by atoms with Crippen molar-refractivity contribution in [3.8, 4) is 5.75 Å². The van der Waals surface area contributed by atoms with E-state index in [4.69, 9.17) is 10.6 Å². The molecule has 1 amide bonds. The van der Waals surface area contributed by atoms with Gasteiger partial charge in [0.05, 0.1) is 5.75 Å². The van der Waals surface area contributed by atoms with Crippen LogP contribution in [-0.4, -0.2) is 26.5 Å². The van der Waals surface area contributed by atoms with Crippen LogP contribution in [0.4, 0.5) is 8.78 Å². The Balaban J connectivity index is 1.47. The highest BCUT2D eigenvalue weighted by Gasteiger charge is 2.13. The first-order chi connectivity index (χ1) is 13.5. The smallest absolute Gasteiger partial charge is 0.230 e. The van der Waals surface area contributed by atoms with Gasteiger partial charge in [0.25, 0.3) is 0 Å². The highest BCUT2D eigenvalue weighted by Crippen LogP contribution is 2.16. The molecule has 0 bridgehead atoms. The number of nitrogen functional groups attached to an aromatic ring is 1.